The van der Waals surface area contributed by atoms with Crippen LogP contribution in [0.3, 0.4) is 0 Å². The lowest BCUT2D eigenvalue weighted by molar-refractivity contribution is -0.384. The van der Waals surface area contributed by atoms with E-state index >= 15 is 0 Å². The molecule has 1 heterocycles. The van der Waals surface area contributed by atoms with Crippen molar-refractivity contribution in [3.8, 4) is 5.75 Å². The number of para-hydroxylation sites is 1. The minimum absolute atomic E-state index is 0.0319. The molecule has 0 bridgehead atoms. The average Bonchev–Trinajstić information content (AvgIpc) is 3.25. The van der Waals surface area contributed by atoms with E-state index in [1.807, 2.05) is 0 Å². The van der Waals surface area contributed by atoms with Crippen LogP contribution in [0, 0.1) is 15.9 Å². The van der Waals surface area contributed by atoms with Crippen LogP contribution < -0.4 is 15.4 Å². The molecule has 31 heavy (non-hydrogen) atoms. The minimum atomic E-state index is -0.548. The molecule has 3 rings (SSSR count). The summed E-state index contributed by atoms with van der Waals surface area (Å²) in [7, 11) is 0. The van der Waals surface area contributed by atoms with Gasteiger partial charge in [0.2, 0.25) is 0 Å². The summed E-state index contributed by atoms with van der Waals surface area (Å²) in [6, 6.07) is 11.2. The number of amides is 2. The highest BCUT2D eigenvalue weighted by Gasteiger charge is 2.12. The van der Waals surface area contributed by atoms with Crippen molar-refractivity contribution in [3.05, 3.63) is 86.1 Å². The number of hydrogen-bond acceptors (Lipinski definition) is 7. The number of nitro benzene ring substituents is 1. The van der Waals surface area contributed by atoms with Crippen LogP contribution in [0.4, 0.5) is 10.1 Å². The van der Waals surface area contributed by atoms with Crippen molar-refractivity contribution in [2.75, 3.05) is 13.1 Å². The second-order valence-electron chi connectivity index (χ2n) is 6.16. The van der Waals surface area contributed by atoms with Crippen LogP contribution >= 0.6 is 11.3 Å². The zero-order valence-corrected chi connectivity index (χ0v) is 16.9. The molecule has 0 aliphatic carbocycles. The number of nitro groups is 1. The first-order valence-corrected chi connectivity index (χ1v) is 9.94. The summed E-state index contributed by atoms with van der Waals surface area (Å²) in [5, 5.41) is 17.9. The van der Waals surface area contributed by atoms with Gasteiger partial charge in [0.15, 0.2) is 11.6 Å². The predicted octanol–water partition coefficient (Wildman–Crippen LogP) is 2.93. The molecule has 0 saturated heterocycles. The van der Waals surface area contributed by atoms with E-state index in [-0.39, 0.29) is 42.4 Å². The molecule has 2 N–H and O–H groups in total. The van der Waals surface area contributed by atoms with Crippen LogP contribution in [-0.2, 0) is 6.61 Å². The number of non-ortho nitro benzene ring substituents is 1. The molecule has 2 aromatic carbocycles. The Morgan fingerprint density at radius 3 is 2.42 bits per heavy atom. The largest absolute Gasteiger partial charge is 0.483 e. The topological polar surface area (TPSA) is 123 Å². The molecule has 11 heteroatoms. The highest BCUT2D eigenvalue weighted by Crippen LogP contribution is 2.18. The summed E-state index contributed by atoms with van der Waals surface area (Å²) in [4.78, 5) is 38.4. The summed E-state index contributed by atoms with van der Waals surface area (Å²) in [6.45, 7) is 0.356. The third-order valence-corrected chi connectivity index (χ3v) is 4.83. The molecule has 0 unspecified atom stereocenters. The van der Waals surface area contributed by atoms with E-state index in [4.69, 9.17) is 4.74 Å². The second-order valence-corrected chi connectivity index (χ2v) is 7.10. The minimum Gasteiger partial charge on any atom is -0.483 e. The lowest BCUT2D eigenvalue weighted by Gasteiger charge is -2.06. The number of rotatable bonds is 9. The van der Waals surface area contributed by atoms with Crippen molar-refractivity contribution in [2.45, 2.75) is 6.61 Å². The Morgan fingerprint density at radius 1 is 1.06 bits per heavy atom. The lowest BCUT2D eigenvalue weighted by Crippen LogP contribution is -2.34. The van der Waals surface area contributed by atoms with Gasteiger partial charge in [-0.15, -0.1) is 11.3 Å². The molecule has 0 aliphatic rings. The van der Waals surface area contributed by atoms with Gasteiger partial charge >= 0.3 is 0 Å². The summed E-state index contributed by atoms with van der Waals surface area (Å²) in [6.07, 6.45) is 0. The number of hydrogen-bond donors (Lipinski definition) is 2. The number of carbonyl (C=O) groups excluding carboxylic acids is 2. The zero-order chi connectivity index (χ0) is 22.2. The Labute approximate surface area is 180 Å². The van der Waals surface area contributed by atoms with Crippen LogP contribution in [0.5, 0.6) is 5.75 Å². The van der Waals surface area contributed by atoms with E-state index in [0.29, 0.717) is 5.01 Å². The van der Waals surface area contributed by atoms with Gasteiger partial charge in [-0.05, 0) is 24.3 Å². The number of nitrogens with zero attached hydrogens (tertiary/aromatic N) is 2. The summed E-state index contributed by atoms with van der Waals surface area (Å²) in [5.41, 5.74) is 0.362. The maximum atomic E-state index is 13.6. The van der Waals surface area contributed by atoms with E-state index in [1.165, 1.54) is 47.7 Å². The summed E-state index contributed by atoms with van der Waals surface area (Å²) >= 11 is 1.21. The van der Waals surface area contributed by atoms with E-state index in [2.05, 4.69) is 15.6 Å². The molecular formula is C20H17FN4O5S. The molecule has 160 valence electrons. The van der Waals surface area contributed by atoms with Crippen LogP contribution in [0.15, 0.2) is 53.9 Å². The van der Waals surface area contributed by atoms with Gasteiger partial charge in [-0.25, -0.2) is 9.37 Å². The van der Waals surface area contributed by atoms with Crippen molar-refractivity contribution in [1.29, 1.82) is 0 Å². The fourth-order valence-electron chi connectivity index (χ4n) is 2.46. The third-order valence-electron chi connectivity index (χ3n) is 4.01. The Kier molecular flexibility index (Phi) is 7.22. The maximum Gasteiger partial charge on any atom is 0.270 e. The number of aromatic nitrogens is 1. The van der Waals surface area contributed by atoms with Crippen molar-refractivity contribution >= 4 is 28.8 Å². The number of carbonyl (C=O) groups is 2. The van der Waals surface area contributed by atoms with Gasteiger partial charge in [0, 0.05) is 36.2 Å². The lowest BCUT2D eigenvalue weighted by atomic mass is 10.2. The Bertz CT molecular complexity index is 1090. The molecule has 0 saturated carbocycles. The van der Waals surface area contributed by atoms with Crippen molar-refractivity contribution in [3.63, 3.8) is 0 Å². The Hall–Kier alpha value is -3.86. The number of benzene rings is 2. The second kappa shape index (κ2) is 10.3. The van der Waals surface area contributed by atoms with E-state index in [1.54, 1.807) is 17.5 Å². The van der Waals surface area contributed by atoms with E-state index in [9.17, 15) is 24.1 Å². The van der Waals surface area contributed by atoms with Crippen molar-refractivity contribution < 1.29 is 23.6 Å². The molecule has 2 amide bonds. The number of ether oxygens (including phenoxy) is 1. The highest BCUT2D eigenvalue weighted by atomic mass is 32.1. The van der Waals surface area contributed by atoms with Crippen molar-refractivity contribution in [2.24, 2.45) is 0 Å². The molecule has 9 nitrogen and oxygen atoms in total. The van der Waals surface area contributed by atoms with Crippen LogP contribution in [0.25, 0.3) is 0 Å². The van der Waals surface area contributed by atoms with E-state index in [0.717, 1.165) is 0 Å². The number of halogens is 1. The van der Waals surface area contributed by atoms with Gasteiger partial charge in [-0.2, -0.15) is 0 Å². The first-order chi connectivity index (χ1) is 14.9. The average molecular weight is 444 g/mol. The molecule has 0 atom stereocenters. The predicted molar refractivity (Wildman–Crippen MR) is 111 cm³/mol. The quantitative estimate of drug-likeness (QED) is 0.297. The molecule has 0 spiro atoms. The number of thiazole rings is 1. The fraction of sp³-hybridized carbons (Fsp3) is 0.150. The Balaban J connectivity index is 1.41. The number of nitrogens with one attached hydrogen (secondary N) is 2. The first kappa shape index (κ1) is 21.8. The van der Waals surface area contributed by atoms with Gasteiger partial charge in [0.25, 0.3) is 17.5 Å². The van der Waals surface area contributed by atoms with Crippen LogP contribution in [-0.4, -0.2) is 34.8 Å². The first-order valence-electron chi connectivity index (χ1n) is 9.06. The fourth-order valence-corrected chi connectivity index (χ4v) is 3.15. The highest BCUT2D eigenvalue weighted by molar-refractivity contribution is 7.09. The summed E-state index contributed by atoms with van der Waals surface area (Å²) in [5.74, 6) is -1.20. The van der Waals surface area contributed by atoms with Gasteiger partial charge < -0.3 is 15.4 Å². The van der Waals surface area contributed by atoms with Gasteiger partial charge in [0.05, 0.1) is 4.92 Å². The van der Waals surface area contributed by atoms with Gasteiger partial charge in [0.1, 0.15) is 17.3 Å². The van der Waals surface area contributed by atoms with Crippen LogP contribution in [0.1, 0.15) is 25.9 Å². The van der Waals surface area contributed by atoms with Crippen LogP contribution in [0.2, 0.25) is 0 Å². The van der Waals surface area contributed by atoms with Gasteiger partial charge in [-0.3, -0.25) is 19.7 Å². The molecular weight excluding hydrogens is 427 g/mol. The Morgan fingerprint density at radius 2 is 1.74 bits per heavy atom. The van der Waals surface area contributed by atoms with E-state index < -0.39 is 22.6 Å². The summed E-state index contributed by atoms with van der Waals surface area (Å²) < 4.78 is 18.9. The molecule has 3 aromatic rings. The SMILES string of the molecule is O=C(NCCNC(=O)c1csc(COc2ccccc2F)n1)c1ccc([N+](=O)[O-])cc1. The molecule has 0 radical (unpaired) electrons. The standard InChI is InChI=1S/C20H17FN4O5S/c21-15-3-1-2-4-17(15)30-11-18-24-16(12-31-18)20(27)23-10-9-22-19(26)13-5-7-14(8-6-13)25(28)29/h1-8,12H,9-11H2,(H,22,26)(H,23,27). The maximum absolute atomic E-state index is 13.6. The zero-order valence-electron chi connectivity index (χ0n) is 16.0. The normalized spacial score (nSPS) is 10.4. The monoisotopic (exact) mass is 444 g/mol. The van der Waals surface area contributed by atoms with Crippen molar-refractivity contribution in [1.82, 2.24) is 15.6 Å². The third kappa shape index (κ3) is 6.06. The molecule has 0 fully saturated rings. The molecule has 0 aliphatic heterocycles. The van der Waals surface area contributed by atoms with Gasteiger partial charge in [-0.1, -0.05) is 12.1 Å². The molecule has 1 aromatic heterocycles. The smallest absolute Gasteiger partial charge is 0.270 e.